The molecule has 178 valence electrons. The lowest BCUT2D eigenvalue weighted by atomic mass is 9.67. The topological polar surface area (TPSA) is 86.3 Å². The van der Waals surface area contributed by atoms with Gasteiger partial charge in [0.05, 0.1) is 32.4 Å². The summed E-state index contributed by atoms with van der Waals surface area (Å²) in [7, 11) is 3.00. The van der Waals surface area contributed by atoms with Gasteiger partial charge in [-0.1, -0.05) is 36.4 Å². The molecule has 5 rings (SSSR count). The van der Waals surface area contributed by atoms with E-state index in [1.54, 1.807) is 36.5 Å². The van der Waals surface area contributed by atoms with Crippen LogP contribution in [-0.2, 0) is 0 Å². The largest absolute Gasteiger partial charge is 0.493 e. The lowest BCUT2D eigenvalue weighted by Gasteiger charge is -2.34. The molecule has 0 N–H and O–H groups in total. The van der Waals surface area contributed by atoms with E-state index in [0.29, 0.717) is 22.6 Å². The average molecular weight is 480 g/mol. The molecule has 6 nitrogen and oxygen atoms in total. The van der Waals surface area contributed by atoms with Gasteiger partial charge in [0.2, 0.25) is 0 Å². The third-order valence-corrected chi connectivity index (χ3v) is 7.11. The van der Waals surface area contributed by atoms with Crippen LogP contribution in [0.5, 0.6) is 11.5 Å². The van der Waals surface area contributed by atoms with Gasteiger partial charge in [-0.15, -0.1) is 0 Å². The highest BCUT2D eigenvalue weighted by Gasteiger charge is 2.63. The summed E-state index contributed by atoms with van der Waals surface area (Å²) in [6.07, 6.45) is 3.66. The highest BCUT2D eigenvalue weighted by Crippen LogP contribution is 2.60. The van der Waals surface area contributed by atoms with Gasteiger partial charge in [0.1, 0.15) is 11.9 Å². The normalized spacial score (nSPS) is 21.0. The van der Waals surface area contributed by atoms with Crippen LogP contribution in [0, 0.1) is 33.9 Å². The van der Waals surface area contributed by atoms with Crippen molar-refractivity contribution in [3.05, 3.63) is 101 Å². The van der Waals surface area contributed by atoms with Crippen molar-refractivity contribution >= 4 is 11.9 Å². The van der Waals surface area contributed by atoms with E-state index in [1.165, 1.54) is 26.4 Å². The van der Waals surface area contributed by atoms with Crippen molar-refractivity contribution in [2.24, 2.45) is 5.41 Å². The van der Waals surface area contributed by atoms with Crippen LogP contribution >= 0.6 is 0 Å². The molecule has 2 heterocycles. The number of halogens is 1. The Balaban J connectivity index is 1.74. The zero-order chi connectivity index (χ0) is 25.4. The number of rotatable bonds is 5. The van der Waals surface area contributed by atoms with E-state index in [-0.39, 0.29) is 5.78 Å². The number of hydrogen-bond acceptors (Lipinski definition) is 6. The van der Waals surface area contributed by atoms with Crippen LogP contribution in [0.4, 0.5) is 4.39 Å². The maximum absolute atomic E-state index is 14.2. The second-order valence-electron chi connectivity index (χ2n) is 8.80. The van der Waals surface area contributed by atoms with Gasteiger partial charge in [0.25, 0.3) is 0 Å². The van der Waals surface area contributed by atoms with Crippen LogP contribution in [0.2, 0.25) is 0 Å². The number of ether oxygens (including phenoxy) is 2. The molecule has 1 fully saturated rings. The summed E-state index contributed by atoms with van der Waals surface area (Å²) < 4.78 is 24.6. The van der Waals surface area contributed by atoms with Crippen molar-refractivity contribution in [2.45, 2.75) is 18.0 Å². The van der Waals surface area contributed by atoms with Crippen LogP contribution < -0.4 is 9.47 Å². The molecule has 0 aliphatic carbocycles. The summed E-state index contributed by atoms with van der Waals surface area (Å²) in [6, 6.07) is 21.0. The first-order valence-corrected chi connectivity index (χ1v) is 11.4. The molecule has 0 radical (unpaired) electrons. The number of methoxy groups -OCH3 is 2. The van der Waals surface area contributed by atoms with Crippen LogP contribution in [-0.4, -0.2) is 30.9 Å². The lowest BCUT2D eigenvalue weighted by molar-refractivity contribution is 0.0874. The first-order chi connectivity index (χ1) is 17.5. The molecule has 0 aromatic heterocycles. The van der Waals surface area contributed by atoms with E-state index in [2.05, 4.69) is 12.1 Å². The molecule has 3 aromatic carbocycles. The van der Waals surface area contributed by atoms with E-state index in [1.807, 2.05) is 35.2 Å². The van der Waals surface area contributed by atoms with Crippen molar-refractivity contribution in [1.82, 2.24) is 4.90 Å². The Morgan fingerprint density at radius 1 is 0.972 bits per heavy atom. The van der Waals surface area contributed by atoms with Gasteiger partial charge in [-0.3, -0.25) is 4.79 Å². The summed E-state index contributed by atoms with van der Waals surface area (Å²) in [5.41, 5.74) is 0.944. The minimum absolute atomic E-state index is 0.285. The van der Waals surface area contributed by atoms with E-state index in [9.17, 15) is 19.7 Å². The zero-order valence-corrected chi connectivity index (χ0v) is 19.7. The number of nitriles is 2. The molecule has 2 aliphatic rings. The van der Waals surface area contributed by atoms with Gasteiger partial charge in [-0.05, 0) is 53.1 Å². The number of hydrogen-bond donors (Lipinski definition) is 0. The summed E-state index contributed by atoms with van der Waals surface area (Å²) in [6.45, 7) is 0. The molecule has 0 saturated carbocycles. The van der Waals surface area contributed by atoms with Crippen LogP contribution in [0.25, 0.3) is 6.08 Å². The first-order valence-electron chi connectivity index (χ1n) is 11.4. The third kappa shape index (κ3) is 3.32. The average Bonchev–Trinajstić information content (AvgIpc) is 3.23. The van der Waals surface area contributed by atoms with E-state index in [0.717, 1.165) is 11.1 Å². The van der Waals surface area contributed by atoms with Crippen molar-refractivity contribution in [1.29, 1.82) is 10.5 Å². The SMILES string of the molecule is COc1ccc(C(=O)[C@@H]2[C@@H](c3ccc(F)cc3)C(C#N)(C#N)[C@@H]3c4ccccc4C=CN23)cc1OC. The number of carbonyl (C=O) groups excluding carboxylic acids is 1. The predicted octanol–water partition coefficient (Wildman–Crippen LogP) is 5.25. The smallest absolute Gasteiger partial charge is 0.186 e. The van der Waals surface area contributed by atoms with Gasteiger partial charge in [0, 0.05) is 17.7 Å². The second-order valence-corrected chi connectivity index (χ2v) is 8.80. The number of Topliss-reactive ketones (excluding diaryl/α,β-unsaturated/α-hetero) is 1. The van der Waals surface area contributed by atoms with E-state index in [4.69, 9.17) is 9.47 Å². The van der Waals surface area contributed by atoms with Crippen LogP contribution in [0.3, 0.4) is 0 Å². The van der Waals surface area contributed by atoms with Crippen LogP contribution in [0.15, 0.2) is 72.9 Å². The number of benzene rings is 3. The summed E-state index contributed by atoms with van der Waals surface area (Å²) in [5, 5.41) is 21.1. The zero-order valence-electron chi connectivity index (χ0n) is 19.7. The molecule has 3 aromatic rings. The molecule has 7 heteroatoms. The molecule has 0 spiro atoms. The van der Waals surface area contributed by atoms with Crippen molar-refractivity contribution in [2.75, 3.05) is 14.2 Å². The van der Waals surface area contributed by atoms with Gasteiger partial charge in [-0.25, -0.2) is 4.39 Å². The number of fused-ring (bicyclic) bond motifs is 3. The third-order valence-electron chi connectivity index (χ3n) is 7.11. The van der Waals surface area contributed by atoms with Crippen molar-refractivity contribution in [3.63, 3.8) is 0 Å². The quantitative estimate of drug-likeness (QED) is 0.465. The van der Waals surface area contributed by atoms with Gasteiger partial charge >= 0.3 is 0 Å². The molecule has 3 atom stereocenters. The Bertz CT molecular complexity index is 1440. The van der Waals surface area contributed by atoms with Gasteiger partial charge in [-0.2, -0.15) is 10.5 Å². The fraction of sp³-hybridized carbons (Fsp3) is 0.207. The van der Waals surface area contributed by atoms with Gasteiger partial charge < -0.3 is 14.4 Å². The van der Waals surface area contributed by atoms with Crippen molar-refractivity contribution in [3.8, 4) is 23.6 Å². The molecule has 36 heavy (non-hydrogen) atoms. The highest BCUT2D eigenvalue weighted by molar-refractivity contribution is 6.02. The van der Waals surface area contributed by atoms with Crippen molar-refractivity contribution < 1.29 is 18.7 Å². The molecular formula is C29H22FN3O3. The Labute approximate surface area is 208 Å². The van der Waals surface area contributed by atoms with Crippen LogP contribution in [0.1, 0.15) is 39.0 Å². The Hall–Kier alpha value is -4.62. The highest BCUT2D eigenvalue weighted by atomic mass is 19.1. The Morgan fingerprint density at radius 2 is 1.67 bits per heavy atom. The standard InChI is InChI=1S/C29H22FN3O3/c1-35-23-12-9-20(15-24(23)36-2)27(34)26-25(19-7-10-21(30)11-8-19)29(16-31,17-32)28-22-6-4-3-5-18(22)13-14-33(26)28/h3-15,25-26,28H,1-2H3/t25-,26+,28+/m1/s1. The number of ketones is 1. The lowest BCUT2D eigenvalue weighted by Crippen LogP contribution is -2.37. The molecule has 0 bridgehead atoms. The molecule has 0 amide bonds. The summed E-state index contributed by atoms with van der Waals surface area (Å²) >= 11 is 0. The monoisotopic (exact) mass is 479 g/mol. The van der Waals surface area contributed by atoms with E-state index < -0.39 is 29.2 Å². The van der Waals surface area contributed by atoms with Gasteiger partial charge in [0.15, 0.2) is 22.7 Å². The summed E-state index contributed by atoms with van der Waals surface area (Å²) in [5.74, 6) is -0.714. The maximum Gasteiger partial charge on any atom is 0.186 e. The maximum atomic E-state index is 14.2. The molecular weight excluding hydrogens is 457 g/mol. The predicted molar refractivity (Wildman–Crippen MR) is 131 cm³/mol. The Kier molecular flexibility index (Phi) is 5.70. The first kappa shape index (κ1) is 23.1. The minimum Gasteiger partial charge on any atom is -0.493 e. The fourth-order valence-electron chi connectivity index (χ4n) is 5.50. The fourth-order valence-corrected chi connectivity index (χ4v) is 5.50. The number of nitrogens with zero attached hydrogens (tertiary/aromatic N) is 3. The second kappa shape index (κ2) is 8.87. The minimum atomic E-state index is -1.62. The molecule has 2 aliphatic heterocycles. The molecule has 1 saturated heterocycles. The number of carbonyl (C=O) groups is 1. The van der Waals surface area contributed by atoms with E-state index >= 15 is 0 Å². The molecule has 0 unspecified atom stereocenters. The Morgan fingerprint density at radius 3 is 2.33 bits per heavy atom. The summed E-state index contributed by atoms with van der Waals surface area (Å²) in [4.78, 5) is 16.0.